The van der Waals surface area contributed by atoms with Crippen LogP contribution in [-0.4, -0.2) is 32.8 Å². The summed E-state index contributed by atoms with van der Waals surface area (Å²) in [5.74, 6) is 0.767. The van der Waals surface area contributed by atoms with Gasteiger partial charge in [-0.1, -0.05) is 73.2 Å². The zero-order chi connectivity index (χ0) is 28.4. The van der Waals surface area contributed by atoms with Crippen LogP contribution in [0.25, 0.3) is 6.08 Å². The van der Waals surface area contributed by atoms with E-state index in [1.807, 2.05) is 54.6 Å². The molecule has 40 heavy (non-hydrogen) atoms. The molecular weight excluding hydrogens is 500 g/mol. The second kappa shape index (κ2) is 17.7. The molecule has 0 amide bonds. The van der Waals surface area contributed by atoms with Crippen molar-refractivity contribution >= 4 is 18.0 Å². The van der Waals surface area contributed by atoms with Gasteiger partial charge < -0.3 is 14.2 Å². The first kappa shape index (κ1) is 30.7. The van der Waals surface area contributed by atoms with E-state index in [4.69, 9.17) is 14.2 Å². The Morgan fingerprint density at radius 3 is 2.17 bits per heavy atom. The number of benzene rings is 3. The van der Waals surface area contributed by atoms with Crippen molar-refractivity contribution in [2.24, 2.45) is 5.92 Å². The molecule has 1 atom stereocenters. The summed E-state index contributed by atoms with van der Waals surface area (Å²) >= 11 is 0. The highest BCUT2D eigenvalue weighted by atomic mass is 16.5. The van der Waals surface area contributed by atoms with Gasteiger partial charge in [-0.25, -0.2) is 4.79 Å². The van der Waals surface area contributed by atoms with E-state index in [9.17, 15) is 9.59 Å². The number of allylic oxidation sites excluding steroid dienone is 1. The quantitative estimate of drug-likeness (QED) is 0.128. The first-order valence-electron chi connectivity index (χ1n) is 14.3. The lowest BCUT2D eigenvalue weighted by molar-refractivity contribution is -0.140. The number of unbranched alkanes of at least 4 members (excludes halogenated alkanes) is 3. The molecule has 0 spiro atoms. The van der Waals surface area contributed by atoms with E-state index in [1.165, 1.54) is 30.9 Å². The monoisotopic (exact) mass is 542 g/mol. The van der Waals surface area contributed by atoms with Crippen molar-refractivity contribution in [2.75, 3.05) is 20.8 Å². The van der Waals surface area contributed by atoms with Gasteiger partial charge in [0.05, 0.1) is 26.4 Å². The Hall–Kier alpha value is -3.86. The summed E-state index contributed by atoms with van der Waals surface area (Å²) in [4.78, 5) is 23.2. The lowest BCUT2D eigenvalue weighted by Crippen LogP contribution is -2.05. The fourth-order valence-electron chi connectivity index (χ4n) is 4.60. The van der Waals surface area contributed by atoms with E-state index >= 15 is 0 Å². The van der Waals surface area contributed by atoms with E-state index in [2.05, 4.69) is 36.4 Å². The molecule has 0 bridgehead atoms. The van der Waals surface area contributed by atoms with Crippen LogP contribution < -0.4 is 4.74 Å². The van der Waals surface area contributed by atoms with Crippen molar-refractivity contribution in [3.8, 4) is 5.75 Å². The molecule has 0 aliphatic carbocycles. The molecule has 0 fully saturated rings. The highest BCUT2D eigenvalue weighted by Crippen LogP contribution is 2.20. The van der Waals surface area contributed by atoms with Gasteiger partial charge in [-0.15, -0.1) is 0 Å². The van der Waals surface area contributed by atoms with Crippen molar-refractivity contribution in [1.82, 2.24) is 0 Å². The van der Waals surface area contributed by atoms with E-state index in [1.54, 1.807) is 0 Å². The first-order valence-corrected chi connectivity index (χ1v) is 14.3. The summed E-state index contributed by atoms with van der Waals surface area (Å²) in [5, 5.41) is 0. The summed E-state index contributed by atoms with van der Waals surface area (Å²) in [5.41, 5.74) is 4.25. The molecule has 212 valence electrons. The highest BCUT2D eigenvalue weighted by Gasteiger charge is 2.10. The summed E-state index contributed by atoms with van der Waals surface area (Å²) in [7, 11) is 2.82. The van der Waals surface area contributed by atoms with Gasteiger partial charge in [0.25, 0.3) is 0 Å². The number of carbonyl (C=O) groups is 2. The molecule has 5 nitrogen and oxygen atoms in total. The highest BCUT2D eigenvalue weighted by molar-refractivity contribution is 5.89. The third-order valence-electron chi connectivity index (χ3n) is 6.97. The van der Waals surface area contributed by atoms with E-state index < -0.39 is 0 Å². The van der Waals surface area contributed by atoms with E-state index in [0.29, 0.717) is 17.9 Å². The molecule has 0 heterocycles. The normalized spacial score (nSPS) is 11.8. The second-order valence-electron chi connectivity index (χ2n) is 10.0. The van der Waals surface area contributed by atoms with Crippen molar-refractivity contribution in [3.05, 3.63) is 107 Å². The van der Waals surface area contributed by atoms with E-state index in [-0.39, 0.29) is 11.9 Å². The lowest BCUT2D eigenvalue weighted by atomic mass is 9.92. The number of hydrogen-bond donors (Lipinski definition) is 0. The fraction of sp³-hybridized carbons (Fsp3) is 0.371. The van der Waals surface area contributed by atoms with Gasteiger partial charge in [-0.3, -0.25) is 4.79 Å². The molecule has 0 saturated heterocycles. The average molecular weight is 543 g/mol. The predicted molar refractivity (Wildman–Crippen MR) is 160 cm³/mol. The van der Waals surface area contributed by atoms with Gasteiger partial charge in [0.15, 0.2) is 0 Å². The number of ether oxygens (including phenoxy) is 3. The van der Waals surface area contributed by atoms with Gasteiger partial charge in [-0.2, -0.15) is 0 Å². The Kier molecular flexibility index (Phi) is 13.6. The maximum Gasteiger partial charge on any atom is 0.337 e. The third kappa shape index (κ3) is 11.5. The van der Waals surface area contributed by atoms with Crippen LogP contribution in [0, 0.1) is 5.92 Å². The van der Waals surface area contributed by atoms with Crippen LogP contribution in [0.4, 0.5) is 0 Å². The maximum absolute atomic E-state index is 11.8. The Labute approximate surface area is 239 Å². The number of carbonyl (C=O) groups excluding carboxylic acids is 2. The SMILES string of the molecule is COC(=O)CCCCC(C=Cc1ccc(CCCCCOc2ccccc2)cc1)Cc1ccc(C(=O)OC)cc1. The molecule has 0 saturated carbocycles. The third-order valence-corrected chi connectivity index (χ3v) is 6.97. The number of hydrogen-bond acceptors (Lipinski definition) is 5. The van der Waals surface area contributed by atoms with Crippen LogP contribution in [-0.2, 0) is 27.1 Å². The largest absolute Gasteiger partial charge is 0.494 e. The molecular formula is C35H42O5. The molecule has 3 aromatic rings. The molecule has 3 rings (SSSR count). The standard InChI is InChI=1S/C35H42O5/c1-38-34(36)15-9-8-12-30(27-31-22-24-32(25-23-31)35(37)39-2)21-20-29-18-16-28(17-19-29)11-5-4-10-26-40-33-13-6-3-7-14-33/h3,6-7,13-14,16-25,30H,4-5,8-12,15,26-27H2,1-2H3. The Bertz CT molecular complexity index is 1170. The number of aryl methyl sites for hydroxylation is 1. The predicted octanol–water partition coefficient (Wildman–Crippen LogP) is 7.87. The first-order chi connectivity index (χ1) is 19.6. The second-order valence-corrected chi connectivity index (χ2v) is 10.0. The molecule has 0 aromatic heterocycles. The average Bonchev–Trinajstić information content (AvgIpc) is 3.00. The van der Waals surface area contributed by atoms with Gasteiger partial charge in [-0.05, 0) is 91.8 Å². The number of methoxy groups -OCH3 is 2. The van der Waals surface area contributed by atoms with Crippen LogP contribution in [0.15, 0.2) is 84.9 Å². The van der Waals surface area contributed by atoms with Crippen LogP contribution in [0.1, 0.15) is 72.0 Å². The van der Waals surface area contributed by atoms with Gasteiger partial charge >= 0.3 is 11.9 Å². The van der Waals surface area contributed by atoms with Crippen LogP contribution in [0.2, 0.25) is 0 Å². The van der Waals surface area contributed by atoms with Gasteiger partial charge in [0.2, 0.25) is 0 Å². The van der Waals surface area contributed by atoms with Crippen molar-refractivity contribution in [3.63, 3.8) is 0 Å². The Morgan fingerprint density at radius 2 is 1.48 bits per heavy atom. The Balaban J connectivity index is 1.48. The minimum absolute atomic E-state index is 0.161. The molecule has 0 N–H and O–H groups in total. The summed E-state index contributed by atoms with van der Waals surface area (Å²) in [6.07, 6.45) is 12.9. The Morgan fingerprint density at radius 1 is 0.750 bits per heavy atom. The van der Waals surface area contributed by atoms with Gasteiger partial charge in [0.1, 0.15) is 5.75 Å². The van der Waals surface area contributed by atoms with Crippen LogP contribution in [0.5, 0.6) is 5.75 Å². The molecule has 0 radical (unpaired) electrons. The zero-order valence-corrected chi connectivity index (χ0v) is 23.8. The van der Waals surface area contributed by atoms with Crippen LogP contribution in [0.3, 0.4) is 0 Å². The van der Waals surface area contributed by atoms with Crippen molar-refractivity contribution in [1.29, 1.82) is 0 Å². The summed E-state index contributed by atoms with van der Waals surface area (Å²) < 4.78 is 15.4. The number of rotatable bonds is 17. The molecule has 3 aromatic carbocycles. The van der Waals surface area contributed by atoms with Crippen LogP contribution >= 0.6 is 0 Å². The topological polar surface area (TPSA) is 61.8 Å². The van der Waals surface area contributed by atoms with Crippen molar-refractivity contribution in [2.45, 2.75) is 57.8 Å². The molecule has 0 aliphatic rings. The van der Waals surface area contributed by atoms with Crippen molar-refractivity contribution < 1.29 is 23.8 Å². The summed E-state index contributed by atoms with van der Waals surface area (Å²) in [6, 6.07) is 26.4. The minimum Gasteiger partial charge on any atom is -0.494 e. The number of para-hydroxylation sites is 1. The minimum atomic E-state index is -0.327. The van der Waals surface area contributed by atoms with Gasteiger partial charge in [0, 0.05) is 6.42 Å². The molecule has 0 aliphatic heterocycles. The lowest BCUT2D eigenvalue weighted by Gasteiger charge is -2.13. The van der Waals surface area contributed by atoms with E-state index in [0.717, 1.165) is 63.7 Å². The smallest absolute Gasteiger partial charge is 0.337 e. The fourth-order valence-corrected chi connectivity index (χ4v) is 4.60. The zero-order valence-electron chi connectivity index (χ0n) is 23.8. The molecule has 5 heteroatoms. The summed E-state index contributed by atoms with van der Waals surface area (Å²) in [6.45, 7) is 0.757. The maximum atomic E-state index is 11.8. The molecule has 1 unspecified atom stereocenters. The number of esters is 2.